The van der Waals surface area contributed by atoms with Crippen LogP contribution in [-0.4, -0.2) is 45.0 Å². The first kappa shape index (κ1) is 23.9. The fourth-order valence-corrected chi connectivity index (χ4v) is 4.41. The van der Waals surface area contributed by atoms with Gasteiger partial charge in [-0.1, -0.05) is 29.8 Å². The van der Waals surface area contributed by atoms with Gasteiger partial charge in [0.25, 0.3) is 11.8 Å². The fraction of sp³-hybridized carbons (Fsp3) is 0.250. The lowest BCUT2D eigenvalue weighted by molar-refractivity contribution is -0.137. The van der Waals surface area contributed by atoms with Gasteiger partial charge in [-0.3, -0.25) is 19.7 Å². The first-order valence-electron chi connectivity index (χ1n) is 11.0. The number of fused-ring (bicyclic) bond motifs is 2. The lowest BCUT2D eigenvalue weighted by Crippen LogP contribution is -2.37. The van der Waals surface area contributed by atoms with Crippen LogP contribution in [0.4, 0.5) is 13.2 Å². The molecule has 1 aliphatic heterocycles. The Balaban J connectivity index is 1.25. The largest absolute Gasteiger partial charge is 0.463 e. The van der Waals surface area contributed by atoms with Crippen molar-refractivity contribution in [1.29, 1.82) is 0 Å². The summed E-state index contributed by atoms with van der Waals surface area (Å²) in [6.45, 7) is 0.730. The number of amides is 2. The van der Waals surface area contributed by atoms with Gasteiger partial charge in [0.05, 0.1) is 28.4 Å². The van der Waals surface area contributed by atoms with Gasteiger partial charge < -0.3 is 14.6 Å². The predicted molar refractivity (Wildman–Crippen MR) is 124 cm³/mol. The normalized spacial score (nSPS) is 13.6. The van der Waals surface area contributed by atoms with E-state index >= 15 is 0 Å². The Labute approximate surface area is 207 Å². The molecule has 1 aromatic carbocycles. The Hall–Kier alpha value is -3.86. The lowest BCUT2D eigenvalue weighted by atomic mass is 10.0. The van der Waals surface area contributed by atoms with Crippen molar-refractivity contribution in [3.8, 4) is 0 Å². The number of rotatable bonds is 5. The Morgan fingerprint density at radius 1 is 1.25 bits per heavy atom. The van der Waals surface area contributed by atoms with Gasteiger partial charge >= 0.3 is 6.18 Å². The minimum Gasteiger partial charge on any atom is -0.463 e. The van der Waals surface area contributed by atoms with Crippen molar-refractivity contribution >= 4 is 34.4 Å². The molecular weight excluding hydrogens is 499 g/mol. The molecule has 4 aromatic rings. The fourth-order valence-electron chi connectivity index (χ4n) is 4.15. The van der Waals surface area contributed by atoms with Gasteiger partial charge in [0.15, 0.2) is 5.69 Å². The molecule has 5 rings (SSSR count). The van der Waals surface area contributed by atoms with E-state index in [-0.39, 0.29) is 41.8 Å². The van der Waals surface area contributed by atoms with E-state index in [1.807, 2.05) is 18.2 Å². The van der Waals surface area contributed by atoms with Crippen LogP contribution in [0.25, 0.3) is 11.0 Å². The van der Waals surface area contributed by atoms with Gasteiger partial charge in [0, 0.05) is 48.8 Å². The maximum atomic E-state index is 13.2. The number of hydrogen-bond donors (Lipinski definition) is 2. The van der Waals surface area contributed by atoms with Crippen molar-refractivity contribution in [1.82, 2.24) is 25.4 Å². The third-order valence-electron chi connectivity index (χ3n) is 6.04. The van der Waals surface area contributed by atoms with Crippen LogP contribution in [0.5, 0.6) is 0 Å². The second-order valence-electron chi connectivity index (χ2n) is 8.31. The van der Waals surface area contributed by atoms with Crippen molar-refractivity contribution in [2.75, 3.05) is 13.1 Å². The van der Waals surface area contributed by atoms with E-state index < -0.39 is 17.6 Å². The molecule has 0 unspecified atom stereocenters. The number of pyridine rings is 1. The zero-order chi connectivity index (χ0) is 25.4. The average Bonchev–Trinajstić information content (AvgIpc) is 3.48. The highest BCUT2D eigenvalue weighted by molar-refractivity contribution is 6.31. The maximum absolute atomic E-state index is 13.2. The van der Waals surface area contributed by atoms with E-state index in [0.29, 0.717) is 41.3 Å². The highest BCUT2D eigenvalue weighted by Crippen LogP contribution is 2.31. The summed E-state index contributed by atoms with van der Waals surface area (Å²) in [6.07, 6.45) is -1.76. The summed E-state index contributed by atoms with van der Waals surface area (Å²) in [5.74, 6) is -0.681. The summed E-state index contributed by atoms with van der Waals surface area (Å²) < 4.78 is 43.8. The molecule has 3 aromatic heterocycles. The van der Waals surface area contributed by atoms with Gasteiger partial charge in [0.1, 0.15) is 11.8 Å². The number of nitrogens with zero attached hydrogens (tertiary/aromatic N) is 3. The standard InChI is InChI=1S/C24H19ClF3N5O3/c25-17-9-13(24(26,27)28)10-30-19(17)5-7-29-22(34)21-15-11-33(8-6-18(15)31-32-21)23(35)16-12-36-20-4-2-1-3-14(16)20/h1-4,9-10,12H,5-8,11H2,(H,29,34)(H,31,32). The average molecular weight is 518 g/mol. The van der Waals surface area contributed by atoms with E-state index in [1.165, 1.54) is 6.26 Å². The highest BCUT2D eigenvalue weighted by atomic mass is 35.5. The molecule has 0 saturated heterocycles. The summed E-state index contributed by atoms with van der Waals surface area (Å²) in [4.78, 5) is 31.4. The van der Waals surface area contributed by atoms with Crippen LogP contribution >= 0.6 is 11.6 Å². The number of H-pyrrole nitrogens is 1. The summed E-state index contributed by atoms with van der Waals surface area (Å²) >= 11 is 5.93. The maximum Gasteiger partial charge on any atom is 0.417 e. The van der Waals surface area contributed by atoms with E-state index in [0.717, 1.165) is 11.8 Å². The molecule has 8 nitrogen and oxygen atoms in total. The molecule has 0 spiro atoms. The molecule has 36 heavy (non-hydrogen) atoms. The van der Waals surface area contributed by atoms with E-state index in [1.54, 1.807) is 11.0 Å². The van der Waals surface area contributed by atoms with E-state index in [4.69, 9.17) is 16.0 Å². The quantitative estimate of drug-likeness (QED) is 0.408. The van der Waals surface area contributed by atoms with Crippen molar-refractivity contribution in [3.63, 3.8) is 0 Å². The Kier molecular flexibility index (Phi) is 6.17. The Bertz CT molecular complexity index is 1460. The molecule has 0 atom stereocenters. The van der Waals surface area contributed by atoms with Crippen molar-refractivity contribution in [3.05, 3.63) is 81.6 Å². The van der Waals surface area contributed by atoms with Crippen LogP contribution < -0.4 is 5.32 Å². The van der Waals surface area contributed by atoms with Gasteiger partial charge in [0.2, 0.25) is 0 Å². The SMILES string of the molecule is O=C(NCCc1ncc(C(F)(F)F)cc1Cl)c1n[nH]c2c1CN(C(=O)c1coc3ccccc13)CC2. The van der Waals surface area contributed by atoms with E-state index in [2.05, 4.69) is 20.5 Å². The lowest BCUT2D eigenvalue weighted by Gasteiger charge is -2.26. The van der Waals surface area contributed by atoms with Crippen LogP contribution in [0.15, 0.2) is 47.2 Å². The van der Waals surface area contributed by atoms with Crippen LogP contribution in [0, 0.1) is 0 Å². The summed E-state index contributed by atoms with van der Waals surface area (Å²) in [5.41, 5.74) is 1.91. The first-order valence-corrected chi connectivity index (χ1v) is 11.4. The number of halogens is 4. The number of carbonyl (C=O) groups is 2. The molecule has 0 bridgehead atoms. The number of furan rings is 1. The number of aromatic amines is 1. The number of alkyl halides is 3. The predicted octanol–water partition coefficient (Wildman–Crippen LogP) is 4.39. The summed E-state index contributed by atoms with van der Waals surface area (Å²) in [5, 5.41) is 10.3. The van der Waals surface area contributed by atoms with E-state index in [9.17, 15) is 22.8 Å². The second-order valence-corrected chi connectivity index (χ2v) is 8.71. The molecule has 0 fully saturated rings. The molecule has 1 aliphatic rings. The molecule has 0 radical (unpaired) electrons. The molecular formula is C24H19ClF3N5O3. The minimum atomic E-state index is -4.54. The van der Waals surface area contributed by atoms with Gasteiger partial charge in [-0.25, -0.2) is 0 Å². The highest BCUT2D eigenvalue weighted by Gasteiger charge is 2.32. The third-order valence-corrected chi connectivity index (χ3v) is 6.37. The zero-order valence-electron chi connectivity index (χ0n) is 18.7. The number of carbonyl (C=O) groups excluding carboxylic acids is 2. The minimum absolute atomic E-state index is 0.0855. The van der Waals surface area contributed by atoms with Crippen LogP contribution in [0.1, 0.15) is 43.4 Å². The zero-order valence-corrected chi connectivity index (χ0v) is 19.4. The number of hydrogen-bond acceptors (Lipinski definition) is 5. The smallest absolute Gasteiger partial charge is 0.417 e. The third kappa shape index (κ3) is 4.53. The Morgan fingerprint density at radius 2 is 2.06 bits per heavy atom. The van der Waals surface area contributed by atoms with Crippen LogP contribution in [0.3, 0.4) is 0 Å². The number of aromatic nitrogens is 3. The van der Waals surface area contributed by atoms with Gasteiger partial charge in [-0.2, -0.15) is 18.3 Å². The number of benzene rings is 1. The van der Waals surface area contributed by atoms with Gasteiger partial charge in [-0.15, -0.1) is 0 Å². The molecule has 0 saturated carbocycles. The topological polar surface area (TPSA) is 104 Å². The summed E-state index contributed by atoms with van der Waals surface area (Å²) in [7, 11) is 0. The molecule has 12 heteroatoms. The van der Waals surface area contributed by atoms with Crippen molar-refractivity contribution in [2.24, 2.45) is 0 Å². The van der Waals surface area contributed by atoms with Crippen molar-refractivity contribution < 1.29 is 27.2 Å². The first-order chi connectivity index (χ1) is 17.2. The van der Waals surface area contributed by atoms with Crippen LogP contribution in [0.2, 0.25) is 5.02 Å². The molecule has 2 amide bonds. The number of nitrogens with one attached hydrogen (secondary N) is 2. The molecule has 4 heterocycles. The molecule has 186 valence electrons. The number of para-hydroxylation sites is 1. The monoisotopic (exact) mass is 517 g/mol. The molecule has 0 aliphatic carbocycles. The van der Waals surface area contributed by atoms with Crippen LogP contribution in [-0.2, 0) is 25.6 Å². The second kappa shape index (κ2) is 9.30. The Morgan fingerprint density at radius 3 is 2.83 bits per heavy atom. The molecule has 2 N–H and O–H groups in total. The van der Waals surface area contributed by atoms with Crippen molar-refractivity contribution in [2.45, 2.75) is 25.6 Å². The summed E-state index contributed by atoms with van der Waals surface area (Å²) in [6, 6.07) is 8.06. The van der Waals surface area contributed by atoms with Gasteiger partial charge in [-0.05, 0) is 12.1 Å².